The molecule has 0 radical (unpaired) electrons. The van der Waals surface area contributed by atoms with Gasteiger partial charge in [0.2, 0.25) is 21.8 Å². The van der Waals surface area contributed by atoms with Crippen molar-refractivity contribution in [3.63, 3.8) is 0 Å². The molecule has 0 saturated heterocycles. The fourth-order valence-electron chi connectivity index (χ4n) is 2.95. The van der Waals surface area contributed by atoms with Crippen molar-refractivity contribution in [2.45, 2.75) is 26.4 Å². The molecule has 1 atom stereocenters. The van der Waals surface area contributed by atoms with E-state index in [1.807, 2.05) is 6.92 Å². The molecule has 0 spiro atoms. The first-order valence-corrected chi connectivity index (χ1v) is 11.6. The van der Waals surface area contributed by atoms with E-state index in [1.54, 1.807) is 55.5 Å². The van der Waals surface area contributed by atoms with Crippen LogP contribution >= 0.6 is 11.6 Å². The molecule has 0 aliphatic rings. The van der Waals surface area contributed by atoms with E-state index in [0.717, 1.165) is 21.7 Å². The molecular formula is C21H26ClN3O4S. The molecule has 0 saturated carbocycles. The van der Waals surface area contributed by atoms with Crippen LogP contribution < -0.4 is 9.62 Å². The molecule has 1 N–H and O–H groups in total. The number of amides is 2. The number of nitrogens with zero attached hydrogens (tertiary/aromatic N) is 2. The van der Waals surface area contributed by atoms with E-state index in [-0.39, 0.29) is 12.5 Å². The van der Waals surface area contributed by atoms with Crippen LogP contribution in [0.15, 0.2) is 48.5 Å². The molecule has 2 amide bonds. The van der Waals surface area contributed by atoms with Gasteiger partial charge in [0.05, 0.1) is 11.9 Å². The Labute approximate surface area is 182 Å². The predicted octanol–water partition coefficient (Wildman–Crippen LogP) is 2.58. The van der Waals surface area contributed by atoms with Crippen molar-refractivity contribution >= 4 is 39.1 Å². The molecule has 0 heterocycles. The average molecular weight is 452 g/mol. The summed E-state index contributed by atoms with van der Waals surface area (Å²) in [5.41, 5.74) is 2.08. The summed E-state index contributed by atoms with van der Waals surface area (Å²) in [7, 11) is -2.24. The Morgan fingerprint density at radius 3 is 2.30 bits per heavy atom. The summed E-state index contributed by atoms with van der Waals surface area (Å²) < 4.78 is 25.8. The molecule has 0 aliphatic heterocycles. The lowest BCUT2D eigenvalue weighted by molar-refractivity contribution is -0.139. The fraction of sp³-hybridized carbons (Fsp3) is 0.333. The smallest absolute Gasteiger partial charge is 0.244 e. The minimum atomic E-state index is -3.73. The third-order valence-electron chi connectivity index (χ3n) is 4.66. The van der Waals surface area contributed by atoms with Crippen molar-refractivity contribution in [3.05, 3.63) is 64.7 Å². The Morgan fingerprint density at radius 2 is 1.77 bits per heavy atom. The average Bonchev–Trinajstić information content (AvgIpc) is 2.69. The van der Waals surface area contributed by atoms with Crippen molar-refractivity contribution in [1.29, 1.82) is 0 Å². The van der Waals surface area contributed by atoms with Crippen LogP contribution in [0, 0.1) is 6.92 Å². The molecule has 0 bridgehead atoms. The molecule has 2 aromatic rings. The van der Waals surface area contributed by atoms with Gasteiger partial charge in [-0.2, -0.15) is 0 Å². The van der Waals surface area contributed by atoms with Crippen LogP contribution in [0.25, 0.3) is 0 Å². The summed E-state index contributed by atoms with van der Waals surface area (Å²) in [4.78, 5) is 26.8. The van der Waals surface area contributed by atoms with E-state index < -0.39 is 28.5 Å². The zero-order chi connectivity index (χ0) is 22.5. The van der Waals surface area contributed by atoms with Crippen LogP contribution in [0.3, 0.4) is 0 Å². The summed E-state index contributed by atoms with van der Waals surface area (Å²) >= 11 is 6.04. The summed E-state index contributed by atoms with van der Waals surface area (Å²) in [6.45, 7) is 3.17. The van der Waals surface area contributed by atoms with Gasteiger partial charge >= 0.3 is 0 Å². The highest BCUT2D eigenvalue weighted by atomic mass is 35.5. The lowest BCUT2D eigenvalue weighted by atomic mass is 10.1. The molecule has 0 aliphatic carbocycles. The molecule has 0 aromatic heterocycles. The predicted molar refractivity (Wildman–Crippen MR) is 119 cm³/mol. The number of nitrogens with one attached hydrogen (secondary N) is 1. The molecule has 2 rings (SSSR count). The number of sulfonamides is 1. The van der Waals surface area contributed by atoms with E-state index in [2.05, 4.69) is 5.32 Å². The van der Waals surface area contributed by atoms with Crippen molar-refractivity contribution in [1.82, 2.24) is 10.2 Å². The van der Waals surface area contributed by atoms with Gasteiger partial charge in [0, 0.05) is 18.6 Å². The van der Waals surface area contributed by atoms with Crippen molar-refractivity contribution in [2.24, 2.45) is 0 Å². The largest absolute Gasteiger partial charge is 0.357 e. The maximum Gasteiger partial charge on any atom is 0.244 e. The van der Waals surface area contributed by atoms with Gasteiger partial charge in [-0.05, 0) is 43.7 Å². The second-order valence-corrected chi connectivity index (χ2v) is 9.39. The second-order valence-electron chi connectivity index (χ2n) is 7.05. The van der Waals surface area contributed by atoms with E-state index in [9.17, 15) is 18.0 Å². The van der Waals surface area contributed by atoms with Crippen molar-refractivity contribution in [3.8, 4) is 0 Å². The van der Waals surface area contributed by atoms with Crippen molar-refractivity contribution < 1.29 is 18.0 Å². The number of anilines is 1. The molecule has 7 nitrogen and oxygen atoms in total. The van der Waals surface area contributed by atoms with Gasteiger partial charge in [0.15, 0.2) is 0 Å². The van der Waals surface area contributed by atoms with Crippen LogP contribution in [0.5, 0.6) is 0 Å². The van der Waals surface area contributed by atoms with Crippen LogP contribution in [-0.2, 0) is 26.2 Å². The quantitative estimate of drug-likeness (QED) is 0.668. The molecule has 0 unspecified atom stereocenters. The zero-order valence-electron chi connectivity index (χ0n) is 17.4. The zero-order valence-corrected chi connectivity index (χ0v) is 19.0. The number of hydrogen-bond donors (Lipinski definition) is 1. The number of hydrogen-bond acceptors (Lipinski definition) is 4. The molecular weight excluding hydrogens is 426 g/mol. The standard InChI is InChI=1S/C21H26ClN3O4S/c1-15-8-10-19(11-9-15)25(30(4,28)29)14-20(26)24(16(2)21(27)23-3)13-17-6-5-7-18(22)12-17/h5-12,16H,13-14H2,1-4H3,(H,23,27)/t16-/m1/s1. The number of carbonyl (C=O) groups excluding carboxylic acids is 2. The third-order valence-corrected chi connectivity index (χ3v) is 6.03. The molecule has 0 fully saturated rings. The van der Waals surface area contributed by atoms with Gasteiger partial charge in [0.25, 0.3) is 0 Å². The van der Waals surface area contributed by atoms with Gasteiger partial charge in [-0.15, -0.1) is 0 Å². The third kappa shape index (κ3) is 6.21. The summed E-state index contributed by atoms with van der Waals surface area (Å²) in [6.07, 6.45) is 1.05. The maximum absolute atomic E-state index is 13.2. The van der Waals surface area contributed by atoms with Gasteiger partial charge in [-0.25, -0.2) is 8.42 Å². The van der Waals surface area contributed by atoms with Crippen molar-refractivity contribution in [2.75, 3.05) is 24.2 Å². The normalized spacial score (nSPS) is 12.2. The van der Waals surface area contributed by atoms with Crippen LogP contribution in [0.2, 0.25) is 5.02 Å². The summed E-state index contributed by atoms with van der Waals surface area (Å²) in [6, 6.07) is 13.0. The highest BCUT2D eigenvalue weighted by Crippen LogP contribution is 2.20. The minimum Gasteiger partial charge on any atom is -0.357 e. The van der Waals surface area contributed by atoms with Gasteiger partial charge in [-0.1, -0.05) is 41.4 Å². The number of rotatable bonds is 8. The second kappa shape index (κ2) is 9.95. The number of likely N-dealkylation sites (N-methyl/N-ethyl adjacent to an activating group) is 1. The topological polar surface area (TPSA) is 86.8 Å². The van der Waals surface area contributed by atoms with Gasteiger partial charge in [-0.3, -0.25) is 13.9 Å². The lowest BCUT2D eigenvalue weighted by Gasteiger charge is -2.31. The molecule has 2 aromatic carbocycles. The van der Waals surface area contributed by atoms with Crippen LogP contribution in [0.1, 0.15) is 18.1 Å². The fourth-order valence-corrected chi connectivity index (χ4v) is 4.01. The maximum atomic E-state index is 13.2. The van der Waals surface area contributed by atoms with Crippen LogP contribution in [0.4, 0.5) is 5.69 Å². The number of halogens is 1. The molecule has 9 heteroatoms. The first-order chi connectivity index (χ1) is 14.0. The molecule has 162 valence electrons. The lowest BCUT2D eigenvalue weighted by Crippen LogP contribution is -2.50. The molecule has 30 heavy (non-hydrogen) atoms. The van der Waals surface area contributed by atoms with E-state index in [1.165, 1.54) is 11.9 Å². The SMILES string of the molecule is CNC(=O)[C@@H](C)N(Cc1cccc(Cl)c1)C(=O)CN(c1ccc(C)cc1)S(C)(=O)=O. The Bertz CT molecular complexity index is 1010. The first-order valence-electron chi connectivity index (χ1n) is 9.33. The van der Waals surface area contributed by atoms with Gasteiger partial charge < -0.3 is 10.2 Å². The van der Waals surface area contributed by atoms with Gasteiger partial charge in [0.1, 0.15) is 12.6 Å². The highest BCUT2D eigenvalue weighted by Gasteiger charge is 2.29. The van der Waals surface area contributed by atoms with E-state index >= 15 is 0 Å². The number of carbonyl (C=O) groups is 2. The monoisotopic (exact) mass is 451 g/mol. The Morgan fingerprint density at radius 1 is 1.13 bits per heavy atom. The highest BCUT2D eigenvalue weighted by molar-refractivity contribution is 7.92. The minimum absolute atomic E-state index is 0.111. The Hall–Kier alpha value is -2.58. The Kier molecular flexibility index (Phi) is 7.86. The number of benzene rings is 2. The van der Waals surface area contributed by atoms with E-state index in [4.69, 9.17) is 11.6 Å². The Balaban J connectivity index is 2.36. The number of aryl methyl sites for hydroxylation is 1. The summed E-state index contributed by atoms with van der Waals surface area (Å²) in [5.74, 6) is -0.858. The summed E-state index contributed by atoms with van der Waals surface area (Å²) in [5, 5.41) is 3.03. The van der Waals surface area contributed by atoms with E-state index in [0.29, 0.717) is 10.7 Å². The van der Waals surface area contributed by atoms with Crippen LogP contribution in [-0.4, -0.2) is 51.0 Å². The first kappa shape index (κ1) is 23.7.